The number of aliphatic hydroxyl groups excluding tert-OH is 2. The van der Waals surface area contributed by atoms with E-state index in [9.17, 15) is 15.0 Å². The SMILES string of the molecule is O=C(c1cccc2c1OCO2)N1C[C@H](O)C[C@H]1CO. The molecule has 1 saturated heterocycles. The molecule has 6 heteroatoms. The second-order valence-electron chi connectivity index (χ2n) is 4.72. The van der Waals surface area contributed by atoms with Crippen LogP contribution in [-0.4, -0.2) is 53.1 Å². The molecule has 1 amide bonds. The average Bonchev–Trinajstić information content (AvgIpc) is 3.03. The van der Waals surface area contributed by atoms with Gasteiger partial charge in [-0.2, -0.15) is 0 Å². The maximum atomic E-state index is 12.5. The second-order valence-corrected chi connectivity index (χ2v) is 4.72. The van der Waals surface area contributed by atoms with Crippen LogP contribution < -0.4 is 9.47 Å². The van der Waals surface area contributed by atoms with Crippen molar-refractivity contribution in [2.45, 2.75) is 18.6 Å². The highest BCUT2D eigenvalue weighted by Crippen LogP contribution is 2.36. The minimum Gasteiger partial charge on any atom is -0.454 e. The summed E-state index contributed by atoms with van der Waals surface area (Å²) in [5, 5.41) is 18.9. The molecule has 0 aromatic heterocycles. The summed E-state index contributed by atoms with van der Waals surface area (Å²) in [6.07, 6.45) is -0.190. The van der Waals surface area contributed by atoms with Gasteiger partial charge in [0.05, 0.1) is 24.3 Å². The second kappa shape index (κ2) is 4.71. The molecule has 0 radical (unpaired) electrons. The molecule has 0 unspecified atom stereocenters. The fourth-order valence-electron chi connectivity index (χ4n) is 2.57. The van der Waals surface area contributed by atoms with Crippen LogP contribution in [-0.2, 0) is 0 Å². The predicted molar refractivity (Wildman–Crippen MR) is 65.1 cm³/mol. The van der Waals surface area contributed by atoms with Crippen LogP contribution in [0.1, 0.15) is 16.8 Å². The van der Waals surface area contributed by atoms with Gasteiger partial charge in [-0.15, -0.1) is 0 Å². The zero-order valence-corrected chi connectivity index (χ0v) is 10.3. The van der Waals surface area contributed by atoms with Crippen LogP contribution >= 0.6 is 0 Å². The van der Waals surface area contributed by atoms with E-state index in [1.807, 2.05) is 0 Å². The number of carbonyl (C=O) groups excluding carboxylic acids is 1. The molecule has 102 valence electrons. The van der Waals surface area contributed by atoms with Crippen molar-refractivity contribution < 1.29 is 24.5 Å². The Morgan fingerprint density at radius 1 is 1.42 bits per heavy atom. The first-order valence-electron chi connectivity index (χ1n) is 6.19. The van der Waals surface area contributed by atoms with Crippen LogP contribution in [0.15, 0.2) is 18.2 Å². The smallest absolute Gasteiger partial charge is 0.258 e. The largest absolute Gasteiger partial charge is 0.454 e. The number of amides is 1. The third-order valence-corrected chi connectivity index (χ3v) is 3.49. The molecule has 2 aliphatic rings. The van der Waals surface area contributed by atoms with Crippen LogP contribution in [0.3, 0.4) is 0 Å². The van der Waals surface area contributed by atoms with Gasteiger partial charge in [0.25, 0.3) is 5.91 Å². The van der Waals surface area contributed by atoms with E-state index in [-0.39, 0.29) is 31.9 Å². The fraction of sp³-hybridized carbons (Fsp3) is 0.462. The molecule has 2 atom stereocenters. The zero-order chi connectivity index (χ0) is 13.4. The van der Waals surface area contributed by atoms with E-state index < -0.39 is 6.10 Å². The van der Waals surface area contributed by atoms with Crippen LogP contribution in [0.25, 0.3) is 0 Å². The van der Waals surface area contributed by atoms with Gasteiger partial charge in [-0.25, -0.2) is 0 Å². The Kier molecular flexibility index (Phi) is 3.04. The van der Waals surface area contributed by atoms with Gasteiger partial charge in [-0.3, -0.25) is 4.79 Å². The van der Waals surface area contributed by atoms with Crippen LogP contribution in [0.2, 0.25) is 0 Å². The number of para-hydroxylation sites is 1. The molecule has 0 bridgehead atoms. The highest BCUT2D eigenvalue weighted by molar-refractivity contribution is 5.98. The number of carbonyl (C=O) groups is 1. The number of hydrogen-bond acceptors (Lipinski definition) is 5. The lowest BCUT2D eigenvalue weighted by Gasteiger charge is -2.23. The first kappa shape index (κ1) is 12.3. The molecule has 0 saturated carbocycles. The minimum atomic E-state index is -0.588. The maximum absolute atomic E-state index is 12.5. The molecule has 1 fully saturated rings. The van der Waals surface area contributed by atoms with Gasteiger partial charge >= 0.3 is 0 Å². The van der Waals surface area contributed by atoms with E-state index in [0.29, 0.717) is 23.5 Å². The van der Waals surface area contributed by atoms with E-state index >= 15 is 0 Å². The summed E-state index contributed by atoms with van der Waals surface area (Å²) in [5.41, 5.74) is 0.405. The van der Waals surface area contributed by atoms with Crippen molar-refractivity contribution in [2.24, 2.45) is 0 Å². The maximum Gasteiger partial charge on any atom is 0.258 e. The summed E-state index contributed by atoms with van der Waals surface area (Å²) in [6.45, 7) is 0.176. The van der Waals surface area contributed by atoms with E-state index in [2.05, 4.69) is 0 Å². The highest BCUT2D eigenvalue weighted by Gasteiger charge is 2.36. The standard InChI is InChI=1S/C13H15NO5/c15-6-8-4-9(16)5-14(8)13(17)10-2-1-3-11-12(10)19-7-18-11/h1-3,8-9,15-16H,4-7H2/t8-,9+/m0/s1. The van der Waals surface area contributed by atoms with Crippen LogP contribution in [0.4, 0.5) is 0 Å². The van der Waals surface area contributed by atoms with Gasteiger partial charge in [-0.05, 0) is 18.6 Å². The third kappa shape index (κ3) is 2.02. The van der Waals surface area contributed by atoms with Crippen molar-refractivity contribution in [2.75, 3.05) is 19.9 Å². The van der Waals surface area contributed by atoms with Crippen molar-refractivity contribution in [3.63, 3.8) is 0 Å². The van der Waals surface area contributed by atoms with Crippen molar-refractivity contribution in [1.29, 1.82) is 0 Å². The van der Waals surface area contributed by atoms with E-state index in [4.69, 9.17) is 9.47 Å². The van der Waals surface area contributed by atoms with Gasteiger partial charge in [0.15, 0.2) is 11.5 Å². The van der Waals surface area contributed by atoms with Gasteiger partial charge in [-0.1, -0.05) is 6.07 Å². The lowest BCUT2D eigenvalue weighted by atomic mass is 10.1. The molecule has 2 aliphatic heterocycles. The monoisotopic (exact) mass is 265 g/mol. The molecule has 19 heavy (non-hydrogen) atoms. The highest BCUT2D eigenvalue weighted by atomic mass is 16.7. The molecule has 6 nitrogen and oxygen atoms in total. The molecule has 3 rings (SSSR count). The molecule has 1 aromatic carbocycles. The quantitative estimate of drug-likeness (QED) is 0.786. The Balaban J connectivity index is 1.90. The molecule has 2 heterocycles. The average molecular weight is 265 g/mol. The van der Waals surface area contributed by atoms with Gasteiger partial charge in [0, 0.05) is 6.54 Å². The summed E-state index contributed by atoms with van der Waals surface area (Å²) in [4.78, 5) is 14.0. The van der Waals surface area contributed by atoms with E-state index in [1.165, 1.54) is 4.90 Å². The Labute approximate surface area is 110 Å². The number of benzene rings is 1. The van der Waals surface area contributed by atoms with Gasteiger partial charge in [0.1, 0.15) is 0 Å². The number of ether oxygens (including phenoxy) is 2. The van der Waals surface area contributed by atoms with Crippen molar-refractivity contribution >= 4 is 5.91 Å². The number of fused-ring (bicyclic) bond motifs is 1. The summed E-state index contributed by atoms with van der Waals surface area (Å²) in [7, 11) is 0. The number of nitrogens with zero attached hydrogens (tertiary/aromatic N) is 1. The summed E-state index contributed by atoms with van der Waals surface area (Å²) >= 11 is 0. The molecular formula is C13H15NO5. The number of likely N-dealkylation sites (tertiary alicyclic amines) is 1. The summed E-state index contributed by atoms with van der Waals surface area (Å²) < 4.78 is 10.5. The van der Waals surface area contributed by atoms with Gasteiger partial charge < -0.3 is 24.6 Å². The molecule has 0 aliphatic carbocycles. The Morgan fingerprint density at radius 3 is 3.05 bits per heavy atom. The lowest BCUT2D eigenvalue weighted by molar-refractivity contribution is 0.0660. The number of hydrogen-bond donors (Lipinski definition) is 2. The zero-order valence-electron chi connectivity index (χ0n) is 10.3. The van der Waals surface area contributed by atoms with Crippen LogP contribution in [0, 0.1) is 0 Å². The number of β-amino-alcohol motifs (C(OH)–C–C–N with tert-alkyl or cyclic N) is 1. The lowest BCUT2D eigenvalue weighted by Crippen LogP contribution is -2.38. The Hall–Kier alpha value is -1.79. The molecule has 2 N–H and O–H groups in total. The van der Waals surface area contributed by atoms with Gasteiger partial charge in [0.2, 0.25) is 6.79 Å². The van der Waals surface area contributed by atoms with Crippen molar-refractivity contribution in [1.82, 2.24) is 4.90 Å². The molecule has 0 spiro atoms. The predicted octanol–water partition coefficient (Wildman–Crippen LogP) is -0.0170. The first-order chi connectivity index (χ1) is 9.20. The number of rotatable bonds is 2. The fourth-order valence-corrected chi connectivity index (χ4v) is 2.57. The Morgan fingerprint density at radius 2 is 2.26 bits per heavy atom. The summed E-state index contributed by atoms with van der Waals surface area (Å²) in [6, 6.07) is 4.78. The normalized spacial score (nSPS) is 24.8. The van der Waals surface area contributed by atoms with Crippen LogP contribution in [0.5, 0.6) is 11.5 Å². The third-order valence-electron chi connectivity index (χ3n) is 3.49. The van der Waals surface area contributed by atoms with Crippen molar-refractivity contribution in [3.05, 3.63) is 23.8 Å². The van der Waals surface area contributed by atoms with E-state index in [0.717, 1.165) is 0 Å². The van der Waals surface area contributed by atoms with E-state index in [1.54, 1.807) is 18.2 Å². The minimum absolute atomic E-state index is 0.103. The molecular weight excluding hydrogens is 250 g/mol. The molecule has 1 aromatic rings. The Bertz CT molecular complexity index is 504. The first-order valence-corrected chi connectivity index (χ1v) is 6.19. The summed E-state index contributed by atoms with van der Waals surface area (Å²) in [5.74, 6) is 0.731. The number of aliphatic hydroxyl groups is 2. The topological polar surface area (TPSA) is 79.2 Å². The van der Waals surface area contributed by atoms with Crippen molar-refractivity contribution in [3.8, 4) is 11.5 Å².